The van der Waals surface area contributed by atoms with E-state index in [9.17, 15) is 9.59 Å². The second-order valence-corrected chi connectivity index (χ2v) is 4.33. The summed E-state index contributed by atoms with van der Waals surface area (Å²) in [6, 6.07) is 8.93. The summed E-state index contributed by atoms with van der Waals surface area (Å²) < 4.78 is 0. The molecule has 0 saturated carbocycles. The summed E-state index contributed by atoms with van der Waals surface area (Å²) in [6.07, 6.45) is 0.887. The van der Waals surface area contributed by atoms with Crippen molar-refractivity contribution in [2.75, 3.05) is 13.1 Å². The van der Waals surface area contributed by atoms with Gasteiger partial charge in [-0.25, -0.2) is 4.79 Å². The van der Waals surface area contributed by atoms with E-state index in [2.05, 4.69) is 16.0 Å². The molecule has 0 spiro atoms. The van der Waals surface area contributed by atoms with Crippen LogP contribution < -0.4 is 16.0 Å². The second kappa shape index (κ2) is 8.13. The molecule has 104 valence electrons. The Morgan fingerprint density at radius 1 is 1.11 bits per heavy atom. The van der Waals surface area contributed by atoms with Crippen molar-refractivity contribution in [1.82, 2.24) is 16.0 Å². The molecule has 1 aromatic carbocycles. The number of benzene rings is 1. The Morgan fingerprint density at radius 3 is 2.37 bits per heavy atom. The molecule has 3 amide bonds. The minimum absolute atomic E-state index is 0.135. The van der Waals surface area contributed by atoms with E-state index in [0.717, 1.165) is 6.42 Å². The Morgan fingerprint density at radius 2 is 1.74 bits per heavy atom. The molecule has 0 aromatic heterocycles. The maximum Gasteiger partial charge on any atom is 0.315 e. The molecule has 1 atom stereocenters. The van der Waals surface area contributed by atoms with Gasteiger partial charge < -0.3 is 16.0 Å². The number of hydrogen-bond acceptors (Lipinski definition) is 2. The molecule has 0 aliphatic rings. The van der Waals surface area contributed by atoms with Crippen molar-refractivity contribution in [2.45, 2.75) is 26.3 Å². The quantitative estimate of drug-likeness (QED) is 0.681. The Labute approximate surface area is 113 Å². The van der Waals surface area contributed by atoms with Crippen LogP contribution in [0.1, 0.15) is 30.6 Å². The SMILES string of the molecule is CCC(C)NC(=O)NCCNC(=O)c1ccccc1. The van der Waals surface area contributed by atoms with Crippen LogP contribution in [0.15, 0.2) is 30.3 Å². The van der Waals surface area contributed by atoms with Crippen molar-refractivity contribution in [3.63, 3.8) is 0 Å². The highest BCUT2D eigenvalue weighted by Crippen LogP contribution is 1.96. The van der Waals surface area contributed by atoms with Crippen LogP contribution in [0.2, 0.25) is 0 Å². The van der Waals surface area contributed by atoms with Gasteiger partial charge in [0.25, 0.3) is 5.91 Å². The highest BCUT2D eigenvalue weighted by molar-refractivity contribution is 5.94. The van der Waals surface area contributed by atoms with Gasteiger partial charge in [0.2, 0.25) is 0 Å². The van der Waals surface area contributed by atoms with Crippen LogP contribution >= 0.6 is 0 Å². The fourth-order valence-electron chi connectivity index (χ4n) is 1.42. The predicted octanol–water partition coefficient (Wildman–Crippen LogP) is 1.51. The highest BCUT2D eigenvalue weighted by Gasteiger charge is 2.05. The molecule has 0 bridgehead atoms. The molecule has 19 heavy (non-hydrogen) atoms. The van der Waals surface area contributed by atoms with Gasteiger partial charge in [-0.15, -0.1) is 0 Å². The number of carbonyl (C=O) groups is 2. The van der Waals surface area contributed by atoms with Crippen LogP contribution in [0.4, 0.5) is 4.79 Å². The lowest BCUT2D eigenvalue weighted by molar-refractivity contribution is 0.0954. The first-order valence-electron chi connectivity index (χ1n) is 6.51. The lowest BCUT2D eigenvalue weighted by atomic mass is 10.2. The van der Waals surface area contributed by atoms with Gasteiger partial charge in [-0.1, -0.05) is 25.1 Å². The van der Waals surface area contributed by atoms with Crippen LogP contribution in [0, 0.1) is 0 Å². The number of hydrogen-bond donors (Lipinski definition) is 3. The molecule has 0 aliphatic carbocycles. The van der Waals surface area contributed by atoms with Gasteiger partial charge in [0.15, 0.2) is 0 Å². The molecule has 5 nitrogen and oxygen atoms in total. The zero-order valence-electron chi connectivity index (χ0n) is 11.4. The average Bonchev–Trinajstić information content (AvgIpc) is 2.44. The van der Waals surface area contributed by atoms with Crippen LogP contribution in [0.3, 0.4) is 0 Å². The number of nitrogens with one attached hydrogen (secondary N) is 3. The number of carbonyl (C=O) groups excluding carboxylic acids is 2. The summed E-state index contributed by atoms with van der Waals surface area (Å²) >= 11 is 0. The Kier molecular flexibility index (Phi) is 6.43. The number of urea groups is 1. The Bertz CT molecular complexity index is 406. The summed E-state index contributed by atoms with van der Waals surface area (Å²) in [5.74, 6) is -0.135. The molecule has 0 saturated heterocycles. The van der Waals surface area contributed by atoms with E-state index in [1.54, 1.807) is 12.1 Å². The van der Waals surface area contributed by atoms with Crippen molar-refractivity contribution in [3.8, 4) is 0 Å². The first kappa shape index (κ1) is 15.0. The maximum absolute atomic E-state index is 11.7. The lowest BCUT2D eigenvalue weighted by Crippen LogP contribution is -2.43. The Balaban J connectivity index is 2.17. The van der Waals surface area contributed by atoms with Crippen molar-refractivity contribution in [3.05, 3.63) is 35.9 Å². The van der Waals surface area contributed by atoms with E-state index in [1.165, 1.54) is 0 Å². The summed E-state index contributed by atoms with van der Waals surface area (Å²) in [4.78, 5) is 23.1. The first-order valence-corrected chi connectivity index (χ1v) is 6.51. The molecule has 0 fully saturated rings. The largest absolute Gasteiger partial charge is 0.350 e. The molecule has 1 rings (SSSR count). The average molecular weight is 263 g/mol. The minimum Gasteiger partial charge on any atom is -0.350 e. The third-order valence-corrected chi connectivity index (χ3v) is 2.72. The molecule has 1 aromatic rings. The van der Waals surface area contributed by atoms with Gasteiger partial charge in [-0.2, -0.15) is 0 Å². The molecule has 0 aliphatic heterocycles. The van der Waals surface area contributed by atoms with Crippen LogP contribution in [-0.4, -0.2) is 31.1 Å². The van der Waals surface area contributed by atoms with Crippen LogP contribution in [0.25, 0.3) is 0 Å². The van der Waals surface area contributed by atoms with Crippen molar-refractivity contribution in [2.24, 2.45) is 0 Å². The Hall–Kier alpha value is -2.04. The van der Waals surface area contributed by atoms with E-state index < -0.39 is 0 Å². The first-order chi connectivity index (χ1) is 9.13. The topological polar surface area (TPSA) is 70.2 Å². The van der Waals surface area contributed by atoms with E-state index >= 15 is 0 Å². The van der Waals surface area contributed by atoms with Gasteiger partial charge >= 0.3 is 6.03 Å². The van der Waals surface area contributed by atoms with Gasteiger partial charge in [-0.3, -0.25) is 4.79 Å². The van der Waals surface area contributed by atoms with Crippen LogP contribution in [0.5, 0.6) is 0 Å². The normalized spacial score (nSPS) is 11.5. The molecule has 0 radical (unpaired) electrons. The monoisotopic (exact) mass is 263 g/mol. The van der Waals surface area contributed by atoms with E-state index in [0.29, 0.717) is 18.7 Å². The molecular weight excluding hydrogens is 242 g/mol. The fraction of sp³-hybridized carbons (Fsp3) is 0.429. The van der Waals surface area contributed by atoms with Crippen molar-refractivity contribution < 1.29 is 9.59 Å². The van der Waals surface area contributed by atoms with Crippen LogP contribution in [-0.2, 0) is 0 Å². The maximum atomic E-state index is 11.7. The molecule has 5 heteroatoms. The van der Waals surface area contributed by atoms with E-state index in [1.807, 2.05) is 32.0 Å². The summed E-state index contributed by atoms with van der Waals surface area (Å²) in [5, 5.41) is 8.22. The van der Waals surface area contributed by atoms with Gasteiger partial charge in [0.05, 0.1) is 0 Å². The van der Waals surface area contributed by atoms with Crippen molar-refractivity contribution in [1.29, 1.82) is 0 Å². The van der Waals surface area contributed by atoms with Gasteiger partial charge in [-0.05, 0) is 25.5 Å². The van der Waals surface area contributed by atoms with Crippen molar-refractivity contribution >= 4 is 11.9 Å². The van der Waals surface area contributed by atoms with Gasteiger partial charge in [0.1, 0.15) is 0 Å². The molecule has 3 N–H and O–H groups in total. The van der Waals surface area contributed by atoms with Gasteiger partial charge in [0, 0.05) is 24.7 Å². The summed E-state index contributed by atoms with van der Waals surface area (Å²) in [5.41, 5.74) is 0.617. The summed E-state index contributed by atoms with van der Waals surface area (Å²) in [7, 11) is 0. The zero-order valence-corrected chi connectivity index (χ0v) is 11.4. The third-order valence-electron chi connectivity index (χ3n) is 2.72. The standard InChI is InChI=1S/C14H21N3O2/c1-3-11(2)17-14(19)16-10-9-15-13(18)12-7-5-4-6-8-12/h4-8,11H,3,9-10H2,1-2H3,(H,15,18)(H2,16,17,19). The minimum atomic E-state index is -0.205. The molecule has 1 unspecified atom stereocenters. The molecular formula is C14H21N3O2. The smallest absolute Gasteiger partial charge is 0.315 e. The fourth-order valence-corrected chi connectivity index (χ4v) is 1.42. The third kappa shape index (κ3) is 5.90. The second-order valence-electron chi connectivity index (χ2n) is 4.33. The predicted molar refractivity (Wildman–Crippen MR) is 75.1 cm³/mol. The zero-order chi connectivity index (χ0) is 14.1. The molecule has 0 heterocycles. The number of rotatable bonds is 6. The number of amides is 3. The lowest BCUT2D eigenvalue weighted by Gasteiger charge is -2.12. The van der Waals surface area contributed by atoms with E-state index in [-0.39, 0.29) is 18.0 Å². The highest BCUT2D eigenvalue weighted by atomic mass is 16.2. The summed E-state index contributed by atoms with van der Waals surface area (Å²) in [6.45, 7) is 4.75. The van der Waals surface area contributed by atoms with E-state index in [4.69, 9.17) is 0 Å².